The molecule has 0 aromatic heterocycles. The van der Waals surface area contributed by atoms with Gasteiger partial charge in [0.15, 0.2) is 34.6 Å². The molecule has 0 spiro atoms. The SMILES string of the molecule is COc1cc(C=CC(=O)CC(=O)C=Cc2ccc(C)c(CO)c2)ccc1C.COc1cc(C=CC(=O)CC(=O)C=Cc2ccc(O)c(CO)c2)ccc1O. The van der Waals surface area contributed by atoms with E-state index in [-0.39, 0.29) is 60.7 Å². The minimum absolute atomic E-state index is 0.000113. The van der Waals surface area contributed by atoms with E-state index in [1.54, 1.807) is 43.5 Å². The molecule has 0 bridgehead atoms. The number of aliphatic hydroxyl groups excluding tert-OH is 2. The highest BCUT2D eigenvalue weighted by molar-refractivity contribution is 6.11. The van der Waals surface area contributed by atoms with Gasteiger partial charge in [-0.05, 0) is 113 Å². The van der Waals surface area contributed by atoms with E-state index in [9.17, 15) is 34.5 Å². The number of carbonyl (C=O) groups excluding carboxylic acids is 4. The highest BCUT2D eigenvalue weighted by atomic mass is 16.5. The fourth-order valence-corrected chi connectivity index (χ4v) is 4.88. The van der Waals surface area contributed by atoms with Crippen LogP contribution < -0.4 is 9.47 Å². The van der Waals surface area contributed by atoms with Gasteiger partial charge in [-0.1, -0.05) is 60.7 Å². The second-order valence-electron chi connectivity index (χ2n) is 12.1. The molecule has 0 aliphatic heterocycles. The van der Waals surface area contributed by atoms with Crippen LogP contribution >= 0.6 is 0 Å². The Bertz CT molecular complexity index is 1790. The van der Waals surface area contributed by atoms with Crippen LogP contribution in [0.1, 0.15) is 57.3 Å². The molecule has 0 saturated carbocycles. The Balaban J connectivity index is 0.000000290. The average molecular weight is 733 g/mol. The lowest BCUT2D eigenvalue weighted by molar-refractivity contribution is -0.123. The number of phenols is 2. The van der Waals surface area contributed by atoms with Crippen LogP contribution in [0.4, 0.5) is 0 Å². The first-order valence-electron chi connectivity index (χ1n) is 16.8. The van der Waals surface area contributed by atoms with E-state index < -0.39 is 0 Å². The molecule has 0 atom stereocenters. The van der Waals surface area contributed by atoms with Crippen molar-refractivity contribution >= 4 is 47.4 Å². The summed E-state index contributed by atoms with van der Waals surface area (Å²) in [7, 11) is 3.03. The van der Waals surface area contributed by atoms with Gasteiger partial charge in [-0.3, -0.25) is 19.2 Å². The van der Waals surface area contributed by atoms with E-state index in [1.807, 2.05) is 50.2 Å². The van der Waals surface area contributed by atoms with Crippen LogP contribution in [-0.4, -0.2) is 57.8 Å². The van der Waals surface area contributed by atoms with Crippen molar-refractivity contribution in [3.05, 3.63) is 142 Å². The first-order chi connectivity index (χ1) is 25.8. The highest BCUT2D eigenvalue weighted by Gasteiger charge is 2.07. The average Bonchev–Trinajstić information content (AvgIpc) is 3.16. The molecule has 0 aliphatic carbocycles. The zero-order valence-corrected chi connectivity index (χ0v) is 30.6. The number of ether oxygens (including phenoxy) is 2. The second kappa shape index (κ2) is 21.2. The predicted octanol–water partition coefficient (Wildman–Crippen LogP) is 6.91. The Kier molecular flexibility index (Phi) is 16.5. The zero-order valence-electron chi connectivity index (χ0n) is 30.6. The number of aromatic hydroxyl groups is 2. The molecule has 54 heavy (non-hydrogen) atoms. The van der Waals surface area contributed by atoms with Gasteiger partial charge >= 0.3 is 0 Å². The molecule has 4 aromatic carbocycles. The minimum Gasteiger partial charge on any atom is -0.508 e. The van der Waals surface area contributed by atoms with Crippen LogP contribution in [-0.2, 0) is 32.4 Å². The van der Waals surface area contributed by atoms with E-state index in [4.69, 9.17) is 14.6 Å². The number of benzene rings is 4. The lowest BCUT2D eigenvalue weighted by Gasteiger charge is -2.04. The largest absolute Gasteiger partial charge is 0.508 e. The maximum atomic E-state index is 12.0. The van der Waals surface area contributed by atoms with Crippen LogP contribution in [0.25, 0.3) is 24.3 Å². The molecule has 0 fully saturated rings. The molecular formula is C44H44O10. The molecule has 0 heterocycles. The third-order valence-corrected chi connectivity index (χ3v) is 8.00. The van der Waals surface area contributed by atoms with Gasteiger partial charge in [0, 0.05) is 5.56 Å². The summed E-state index contributed by atoms with van der Waals surface area (Å²) in [5.41, 5.74) is 6.12. The monoisotopic (exact) mass is 732 g/mol. The van der Waals surface area contributed by atoms with Crippen molar-refractivity contribution in [1.82, 2.24) is 0 Å². The van der Waals surface area contributed by atoms with Gasteiger partial charge < -0.3 is 29.9 Å². The molecule has 4 rings (SSSR count). The Labute approximate surface area is 314 Å². The molecule has 10 heteroatoms. The van der Waals surface area contributed by atoms with Crippen molar-refractivity contribution < 1.29 is 49.1 Å². The van der Waals surface area contributed by atoms with E-state index in [2.05, 4.69) is 0 Å². The molecule has 4 N–H and O–H groups in total. The molecule has 4 aromatic rings. The lowest BCUT2D eigenvalue weighted by Crippen LogP contribution is -2.02. The van der Waals surface area contributed by atoms with Crippen LogP contribution in [0.15, 0.2) is 97.1 Å². The Morgan fingerprint density at radius 1 is 0.500 bits per heavy atom. The highest BCUT2D eigenvalue weighted by Crippen LogP contribution is 2.27. The molecule has 280 valence electrons. The van der Waals surface area contributed by atoms with Gasteiger partial charge in [0.2, 0.25) is 0 Å². The number of carbonyl (C=O) groups is 4. The Hall–Kier alpha value is -6.36. The fourth-order valence-electron chi connectivity index (χ4n) is 4.88. The van der Waals surface area contributed by atoms with Gasteiger partial charge in [0.05, 0.1) is 40.3 Å². The number of methoxy groups -OCH3 is 2. The summed E-state index contributed by atoms with van der Waals surface area (Å²) >= 11 is 0. The summed E-state index contributed by atoms with van der Waals surface area (Å²) in [6.07, 6.45) is 11.3. The van der Waals surface area contributed by atoms with Crippen molar-refractivity contribution in [2.75, 3.05) is 14.2 Å². The number of aryl methyl sites for hydroxylation is 2. The summed E-state index contributed by atoms with van der Waals surface area (Å²) in [6, 6.07) is 20.4. The number of aliphatic hydroxyl groups is 2. The van der Waals surface area contributed by atoms with Gasteiger partial charge in [0.1, 0.15) is 11.5 Å². The molecule has 0 saturated heterocycles. The molecule has 0 radical (unpaired) electrons. The third kappa shape index (κ3) is 13.6. The summed E-state index contributed by atoms with van der Waals surface area (Å²) in [5, 5.41) is 37.4. The smallest absolute Gasteiger partial charge is 0.163 e. The van der Waals surface area contributed by atoms with Crippen LogP contribution in [0.2, 0.25) is 0 Å². The standard InChI is InChI=1S/C23H24O4.C21H20O6/c1-16-4-6-18(12-20(16)15-24)8-10-21(25)14-22(26)11-9-19-7-5-17(2)23(13-19)27-3;1-27-21-11-15(5-9-20(21)26)3-7-18(24)12-17(23)6-2-14-4-8-19(25)16(10-14)13-22/h4-13,24H,14-15H2,1-3H3;2-11,22,25-26H,12-13H2,1H3. The molecule has 0 unspecified atom stereocenters. The van der Waals surface area contributed by atoms with Gasteiger partial charge in [-0.2, -0.15) is 0 Å². The summed E-state index contributed by atoms with van der Waals surface area (Å²) in [4.78, 5) is 47.8. The first-order valence-corrected chi connectivity index (χ1v) is 16.8. The first kappa shape index (κ1) is 42.1. The number of hydrogen-bond acceptors (Lipinski definition) is 10. The number of phenolic OH excluding ortho intramolecular Hbond substituents is 1. The quantitative estimate of drug-likeness (QED) is 0.0702. The molecular weight excluding hydrogens is 688 g/mol. The molecule has 0 aliphatic rings. The molecule has 0 amide bonds. The van der Waals surface area contributed by atoms with Crippen LogP contribution in [0, 0.1) is 13.8 Å². The topological polar surface area (TPSA) is 168 Å². The fraction of sp³-hybridized carbons (Fsp3) is 0.182. The third-order valence-electron chi connectivity index (χ3n) is 8.00. The number of allylic oxidation sites excluding steroid dienone is 4. The van der Waals surface area contributed by atoms with E-state index >= 15 is 0 Å². The predicted molar refractivity (Wildman–Crippen MR) is 209 cm³/mol. The van der Waals surface area contributed by atoms with Gasteiger partial charge in [-0.25, -0.2) is 0 Å². The molecule has 10 nitrogen and oxygen atoms in total. The van der Waals surface area contributed by atoms with Crippen molar-refractivity contribution in [2.45, 2.75) is 39.9 Å². The summed E-state index contributed by atoms with van der Waals surface area (Å²) in [5.74, 6) is -0.234. The zero-order chi connectivity index (χ0) is 39.6. The second-order valence-corrected chi connectivity index (χ2v) is 12.1. The summed E-state index contributed by atoms with van der Waals surface area (Å²) in [6.45, 7) is 3.50. The van der Waals surface area contributed by atoms with E-state index in [0.717, 1.165) is 33.6 Å². The van der Waals surface area contributed by atoms with Crippen molar-refractivity contribution in [1.29, 1.82) is 0 Å². The number of hydrogen-bond donors (Lipinski definition) is 4. The van der Waals surface area contributed by atoms with E-state index in [1.165, 1.54) is 55.7 Å². The Morgan fingerprint density at radius 3 is 1.31 bits per heavy atom. The number of rotatable bonds is 16. The minimum atomic E-state index is -0.369. The van der Waals surface area contributed by atoms with Gasteiger partial charge in [0.25, 0.3) is 0 Å². The van der Waals surface area contributed by atoms with Crippen LogP contribution in [0.3, 0.4) is 0 Å². The van der Waals surface area contributed by atoms with E-state index in [0.29, 0.717) is 22.4 Å². The summed E-state index contributed by atoms with van der Waals surface area (Å²) < 4.78 is 10.2. The maximum absolute atomic E-state index is 12.0. The lowest BCUT2D eigenvalue weighted by atomic mass is 10.0. The van der Waals surface area contributed by atoms with Crippen LogP contribution in [0.5, 0.6) is 23.0 Å². The van der Waals surface area contributed by atoms with Crippen molar-refractivity contribution in [3.8, 4) is 23.0 Å². The normalized spacial score (nSPS) is 11.2. The Morgan fingerprint density at radius 2 is 0.870 bits per heavy atom. The van der Waals surface area contributed by atoms with Gasteiger partial charge in [-0.15, -0.1) is 0 Å². The maximum Gasteiger partial charge on any atom is 0.163 e. The number of ketones is 4. The van der Waals surface area contributed by atoms with Crippen molar-refractivity contribution in [3.63, 3.8) is 0 Å². The van der Waals surface area contributed by atoms with Crippen molar-refractivity contribution in [2.24, 2.45) is 0 Å².